The summed E-state index contributed by atoms with van der Waals surface area (Å²) < 4.78 is 6.58. The zero-order valence-electron chi connectivity index (χ0n) is 10.6. The monoisotopic (exact) mass is 269 g/mol. The third-order valence-electron chi connectivity index (χ3n) is 2.72. The molecule has 0 aliphatic rings. The fourth-order valence-corrected chi connectivity index (χ4v) is 1.71. The van der Waals surface area contributed by atoms with Crippen molar-refractivity contribution in [3.63, 3.8) is 0 Å². The van der Waals surface area contributed by atoms with Crippen LogP contribution in [0.1, 0.15) is 10.4 Å². The van der Waals surface area contributed by atoms with E-state index in [4.69, 9.17) is 4.74 Å². The Bertz CT molecular complexity index is 718. The predicted molar refractivity (Wildman–Crippen MR) is 71.7 cm³/mol. The molecule has 0 bridgehead atoms. The van der Waals surface area contributed by atoms with Gasteiger partial charge in [-0.25, -0.2) is 4.52 Å². The first kappa shape index (κ1) is 12.1. The second-order valence-corrected chi connectivity index (χ2v) is 4.00. The maximum atomic E-state index is 12.0. The maximum Gasteiger partial charge on any atom is 0.258 e. The second-order valence-electron chi connectivity index (χ2n) is 4.00. The van der Waals surface area contributed by atoms with E-state index < -0.39 is 0 Å². The Kier molecular flexibility index (Phi) is 3.00. The van der Waals surface area contributed by atoms with Gasteiger partial charge in [-0.1, -0.05) is 0 Å². The molecule has 7 nitrogen and oxygen atoms in total. The highest BCUT2D eigenvalue weighted by atomic mass is 16.5. The van der Waals surface area contributed by atoms with E-state index in [9.17, 15) is 4.79 Å². The lowest BCUT2D eigenvalue weighted by atomic mass is 10.2. The number of methoxy groups -OCH3 is 1. The van der Waals surface area contributed by atoms with Gasteiger partial charge in [0.1, 0.15) is 5.75 Å². The molecule has 3 rings (SSSR count). The molecule has 7 heteroatoms. The lowest BCUT2D eigenvalue weighted by Gasteiger charge is -2.02. The molecule has 0 unspecified atom stereocenters. The molecular formula is C13H11N5O2. The molecular weight excluding hydrogens is 258 g/mol. The molecule has 1 N–H and O–H groups in total. The van der Waals surface area contributed by atoms with Crippen molar-refractivity contribution in [1.82, 2.24) is 19.6 Å². The summed E-state index contributed by atoms with van der Waals surface area (Å²) in [7, 11) is 1.57. The summed E-state index contributed by atoms with van der Waals surface area (Å²) in [5.74, 6) is 0.647. The molecule has 0 aliphatic carbocycles. The van der Waals surface area contributed by atoms with E-state index in [-0.39, 0.29) is 11.9 Å². The van der Waals surface area contributed by atoms with E-state index in [1.165, 1.54) is 4.52 Å². The standard InChI is InChI=1S/C13H11N5O2/c1-20-10-4-2-9(3-5-10)12(19)16-13-15-11-8-14-6-7-18(11)17-13/h2-8H,1H3,(H,16,17,19). The fraction of sp³-hybridized carbons (Fsp3) is 0.0769. The average Bonchev–Trinajstić information content (AvgIpc) is 2.89. The molecule has 1 amide bonds. The molecule has 0 spiro atoms. The van der Waals surface area contributed by atoms with Gasteiger partial charge in [-0.15, -0.1) is 5.10 Å². The predicted octanol–water partition coefficient (Wildman–Crippen LogP) is 1.39. The number of carbonyl (C=O) groups excluding carboxylic acids is 1. The van der Waals surface area contributed by atoms with Crippen LogP contribution in [0.2, 0.25) is 0 Å². The number of fused-ring (bicyclic) bond motifs is 1. The Morgan fingerprint density at radius 2 is 2.10 bits per heavy atom. The smallest absolute Gasteiger partial charge is 0.258 e. The van der Waals surface area contributed by atoms with Crippen molar-refractivity contribution < 1.29 is 9.53 Å². The van der Waals surface area contributed by atoms with Crippen LogP contribution in [0, 0.1) is 0 Å². The van der Waals surface area contributed by atoms with Crippen LogP contribution < -0.4 is 10.1 Å². The molecule has 100 valence electrons. The highest BCUT2D eigenvalue weighted by Gasteiger charge is 2.10. The molecule has 0 fully saturated rings. The van der Waals surface area contributed by atoms with Gasteiger partial charge in [0.25, 0.3) is 5.91 Å². The highest BCUT2D eigenvalue weighted by Crippen LogP contribution is 2.12. The Morgan fingerprint density at radius 3 is 2.80 bits per heavy atom. The van der Waals surface area contributed by atoms with Gasteiger partial charge in [-0.2, -0.15) is 4.98 Å². The Balaban J connectivity index is 1.80. The van der Waals surface area contributed by atoms with Gasteiger partial charge in [0, 0.05) is 18.0 Å². The van der Waals surface area contributed by atoms with Crippen molar-refractivity contribution in [2.24, 2.45) is 0 Å². The van der Waals surface area contributed by atoms with Crippen molar-refractivity contribution in [3.05, 3.63) is 48.4 Å². The number of rotatable bonds is 3. The summed E-state index contributed by atoms with van der Waals surface area (Å²) in [6, 6.07) is 6.78. The number of benzene rings is 1. The van der Waals surface area contributed by atoms with Gasteiger partial charge < -0.3 is 4.74 Å². The molecule has 3 aromatic rings. The molecule has 20 heavy (non-hydrogen) atoms. The number of amides is 1. The largest absolute Gasteiger partial charge is 0.497 e. The van der Waals surface area contributed by atoms with Crippen molar-refractivity contribution in [1.29, 1.82) is 0 Å². The number of ether oxygens (including phenoxy) is 1. The molecule has 0 saturated heterocycles. The fourth-order valence-electron chi connectivity index (χ4n) is 1.71. The number of nitrogens with one attached hydrogen (secondary N) is 1. The molecule has 0 atom stereocenters. The summed E-state index contributed by atoms with van der Waals surface area (Å²) in [6.45, 7) is 0. The first-order valence-corrected chi connectivity index (χ1v) is 5.88. The number of carbonyl (C=O) groups is 1. The van der Waals surface area contributed by atoms with Crippen LogP contribution in [0.25, 0.3) is 5.65 Å². The minimum Gasteiger partial charge on any atom is -0.497 e. The van der Waals surface area contributed by atoms with Crippen molar-refractivity contribution in [2.75, 3.05) is 12.4 Å². The van der Waals surface area contributed by atoms with Crippen LogP contribution in [0.5, 0.6) is 5.75 Å². The number of nitrogens with zero attached hydrogens (tertiary/aromatic N) is 4. The molecule has 0 saturated carbocycles. The van der Waals surface area contributed by atoms with Gasteiger partial charge in [0.05, 0.1) is 13.3 Å². The van der Waals surface area contributed by atoms with Gasteiger partial charge in [0.15, 0.2) is 5.65 Å². The first-order valence-electron chi connectivity index (χ1n) is 5.88. The molecule has 0 radical (unpaired) electrons. The van der Waals surface area contributed by atoms with Crippen LogP contribution in [0.4, 0.5) is 5.95 Å². The minimum atomic E-state index is -0.281. The first-order chi connectivity index (χ1) is 9.76. The van der Waals surface area contributed by atoms with E-state index in [2.05, 4.69) is 20.4 Å². The number of hydrogen-bond donors (Lipinski definition) is 1. The van der Waals surface area contributed by atoms with Gasteiger partial charge in [0.2, 0.25) is 5.95 Å². The average molecular weight is 269 g/mol. The molecule has 1 aromatic carbocycles. The van der Waals surface area contributed by atoms with Gasteiger partial charge in [-0.3, -0.25) is 15.1 Å². The molecule has 2 heterocycles. The van der Waals surface area contributed by atoms with Gasteiger partial charge >= 0.3 is 0 Å². The van der Waals surface area contributed by atoms with Crippen LogP contribution in [-0.4, -0.2) is 32.6 Å². The van der Waals surface area contributed by atoms with E-state index in [1.807, 2.05) is 0 Å². The third-order valence-corrected chi connectivity index (χ3v) is 2.72. The highest BCUT2D eigenvalue weighted by molar-refractivity contribution is 6.03. The topological polar surface area (TPSA) is 81.4 Å². The van der Waals surface area contributed by atoms with E-state index in [0.717, 1.165) is 0 Å². The van der Waals surface area contributed by atoms with Crippen molar-refractivity contribution in [3.8, 4) is 5.75 Å². The minimum absolute atomic E-state index is 0.235. The van der Waals surface area contributed by atoms with Crippen LogP contribution in [0.3, 0.4) is 0 Å². The summed E-state index contributed by atoms with van der Waals surface area (Å²) in [5.41, 5.74) is 1.07. The lowest BCUT2D eigenvalue weighted by Crippen LogP contribution is -2.12. The Morgan fingerprint density at radius 1 is 1.30 bits per heavy atom. The third kappa shape index (κ3) is 2.28. The van der Waals surface area contributed by atoms with Crippen molar-refractivity contribution >= 4 is 17.5 Å². The number of aromatic nitrogens is 4. The second kappa shape index (κ2) is 4.96. The summed E-state index contributed by atoms with van der Waals surface area (Å²) in [5, 5.41) is 6.76. The zero-order chi connectivity index (χ0) is 13.9. The van der Waals surface area contributed by atoms with Crippen LogP contribution >= 0.6 is 0 Å². The van der Waals surface area contributed by atoms with E-state index in [1.54, 1.807) is 50.0 Å². The van der Waals surface area contributed by atoms with E-state index in [0.29, 0.717) is 17.0 Å². The Labute approximate surface area is 114 Å². The maximum absolute atomic E-state index is 12.0. The lowest BCUT2D eigenvalue weighted by molar-refractivity contribution is 0.102. The summed E-state index contributed by atoms with van der Waals surface area (Å²) in [4.78, 5) is 20.1. The number of anilines is 1. The summed E-state index contributed by atoms with van der Waals surface area (Å²) in [6.07, 6.45) is 4.82. The normalized spacial score (nSPS) is 10.4. The summed E-state index contributed by atoms with van der Waals surface area (Å²) >= 11 is 0. The zero-order valence-corrected chi connectivity index (χ0v) is 10.6. The Hall–Kier alpha value is -2.96. The van der Waals surface area contributed by atoms with Crippen molar-refractivity contribution in [2.45, 2.75) is 0 Å². The van der Waals surface area contributed by atoms with E-state index >= 15 is 0 Å². The van der Waals surface area contributed by atoms with Crippen LogP contribution in [0.15, 0.2) is 42.9 Å². The molecule has 0 aliphatic heterocycles. The SMILES string of the molecule is COc1ccc(C(=O)Nc2nc3cnccn3n2)cc1. The van der Waals surface area contributed by atoms with Gasteiger partial charge in [-0.05, 0) is 24.3 Å². The quantitative estimate of drug-likeness (QED) is 0.777. The van der Waals surface area contributed by atoms with Crippen LogP contribution in [-0.2, 0) is 0 Å². The number of hydrogen-bond acceptors (Lipinski definition) is 5. The molecule has 2 aromatic heterocycles.